The lowest BCUT2D eigenvalue weighted by atomic mass is 10.1. The van der Waals surface area contributed by atoms with Crippen molar-refractivity contribution < 1.29 is 0 Å². The Kier molecular flexibility index (Phi) is 4.77. The molecule has 1 aromatic carbocycles. The van der Waals surface area contributed by atoms with E-state index in [1.165, 1.54) is 11.1 Å². The largest absolute Gasteiger partial charge is 0.0882 e. The van der Waals surface area contributed by atoms with Crippen LogP contribution in [0.2, 0.25) is 0 Å². The van der Waals surface area contributed by atoms with Crippen LogP contribution in [-0.2, 0) is 0 Å². The fourth-order valence-electron chi connectivity index (χ4n) is 1.38. The first-order valence-electron chi connectivity index (χ1n) is 5.22. The summed E-state index contributed by atoms with van der Waals surface area (Å²) in [6.07, 6.45) is 8.83. The van der Waals surface area contributed by atoms with E-state index in [9.17, 15) is 0 Å². The van der Waals surface area contributed by atoms with Crippen LogP contribution >= 0.6 is 0 Å². The van der Waals surface area contributed by atoms with Crippen molar-refractivity contribution in [2.45, 2.75) is 26.7 Å². The van der Waals surface area contributed by atoms with E-state index in [2.05, 4.69) is 56.3 Å². The highest BCUT2D eigenvalue weighted by Crippen LogP contribution is 2.09. The molecular weight excluding hydrogens is 168 g/mol. The Morgan fingerprint density at radius 2 is 1.93 bits per heavy atom. The Morgan fingerprint density at radius 3 is 2.50 bits per heavy atom. The zero-order valence-corrected chi connectivity index (χ0v) is 9.03. The number of benzene rings is 1. The Morgan fingerprint density at radius 1 is 1.21 bits per heavy atom. The third-order valence-electron chi connectivity index (χ3n) is 2.35. The van der Waals surface area contributed by atoms with Crippen LogP contribution in [-0.4, -0.2) is 0 Å². The van der Waals surface area contributed by atoms with E-state index >= 15 is 0 Å². The van der Waals surface area contributed by atoms with Crippen molar-refractivity contribution in [1.29, 1.82) is 0 Å². The van der Waals surface area contributed by atoms with Gasteiger partial charge in [0.15, 0.2) is 0 Å². The zero-order valence-electron chi connectivity index (χ0n) is 9.03. The average Bonchev–Trinajstić information content (AvgIpc) is 2.26. The molecule has 0 unspecified atom stereocenters. The molecule has 0 saturated heterocycles. The number of rotatable bonds is 4. The van der Waals surface area contributed by atoms with Crippen LogP contribution < -0.4 is 0 Å². The van der Waals surface area contributed by atoms with Crippen molar-refractivity contribution in [3.63, 3.8) is 0 Å². The summed E-state index contributed by atoms with van der Waals surface area (Å²) in [5, 5.41) is 0. The van der Waals surface area contributed by atoms with Gasteiger partial charge in [-0.2, -0.15) is 0 Å². The summed E-state index contributed by atoms with van der Waals surface area (Å²) in [5.41, 5.74) is 2.77. The van der Waals surface area contributed by atoms with E-state index in [1.807, 2.05) is 6.07 Å². The molecule has 14 heavy (non-hydrogen) atoms. The molecule has 0 aliphatic heterocycles. The van der Waals surface area contributed by atoms with Crippen LogP contribution in [0.5, 0.6) is 0 Å². The van der Waals surface area contributed by atoms with Gasteiger partial charge in [0.25, 0.3) is 0 Å². The minimum absolute atomic E-state index is 1.07. The van der Waals surface area contributed by atoms with Crippen LogP contribution in [0, 0.1) is 0 Å². The molecule has 0 heterocycles. The molecule has 0 amide bonds. The maximum absolute atomic E-state index is 2.23. The van der Waals surface area contributed by atoms with E-state index in [1.54, 1.807) is 0 Å². The molecule has 0 radical (unpaired) electrons. The molecule has 0 aromatic heterocycles. The van der Waals surface area contributed by atoms with E-state index in [4.69, 9.17) is 0 Å². The molecular formula is C14H18. The minimum Gasteiger partial charge on any atom is -0.0882 e. The van der Waals surface area contributed by atoms with E-state index in [0.717, 1.165) is 12.8 Å². The van der Waals surface area contributed by atoms with Crippen LogP contribution in [0.25, 0.3) is 6.08 Å². The maximum Gasteiger partial charge on any atom is -0.0136 e. The van der Waals surface area contributed by atoms with Crippen molar-refractivity contribution in [2.75, 3.05) is 0 Å². The second kappa shape index (κ2) is 6.20. The molecule has 0 aliphatic carbocycles. The lowest BCUT2D eigenvalue weighted by Crippen LogP contribution is -1.76. The van der Waals surface area contributed by atoms with Gasteiger partial charge in [-0.05, 0) is 25.3 Å². The fourth-order valence-corrected chi connectivity index (χ4v) is 1.38. The van der Waals surface area contributed by atoms with Gasteiger partial charge < -0.3 is 0 Å². The van der Waals surface area contributed by atoms with Gasteiger partial charge in [-0.15, -0.1) is 0 Å². The van der Waals surface area contributed by atoms with Gasteiger partial charge in [-0.3, -0.25) is 0 Å². The lowest BCUT2D eigenvalue weighted by Gasteiger charge is -1.97. The highest BCUT2D eigenvalue weighted by Gasteiger charge is 1.88. The molecule has 0 aliphatic rings. The summed E-state index contributed by atoms with van der Waals surface area (Å²) in [6.45, 7) is 4.31. The lowest BCUT2D eigenvalue weighted by molar-refractivity contribution is 1.03. The Labute approximate surface area is 87.0 Å². The van der Waals surface area contributed by atoms with Gasteiger partial charge in [-0.1, -0.05) is 61.1 Å². The molecule has 1 rings (SSSR count). The van der Waals surface area contributed by atoms with E-state index in [0.29, 0.717) is 0 Å². The highest BCUT2D eigenvalue weighted by atomic mass is 13.9. The monoisotopic (exact) mass is 186 g/mol. The standard InChI is InChI=1S/C14H18/c1-3-13(4-2)11-8-12-14-9-6-5-7-10-14/h3,5-10,12H,4,11H2,1-2H3. The first kappa shape index (κ1) is 10.8. The van der Waals surface area contributed by atoms with Crippen molar-refractivity contribution in [1.82, 2.24) is 0 Å². The molecule has 0 spiro atoms. The first-order chi connectivity index (χ1) is 6.86. The van der Waals surface area contributed by atoms with Crippen molar-refractivity contribution in [3.8, 4) is 0 Å². The third-order valence-corrected chi connectivity index (χ3v) is 2.35. The predicted molar refractivity (Wildman–Crippen MR) is 64.1 cm³/mol. The number of allylic oxidation sites excluding steroid dienone is 3. The van der Waals surface area contributed by atoms with Crippen molar-refractivity contribution in [2.24, 2.45) is 0 Å². The second-order valence-electron chi connectivity index (χ2n) is 3.32. The van der Waals surface area contributed by atoms with Crippen LogP contribution in [0.4, 0.5) is 0 Å². The number of hydrogen-bond donors (Lipinski definition) is 0. The molecule has 0 atom stereocenters. The molecule has 1 aromatic rings. The van der Waals surface area contributed by atoms with Gasteiger partial charge in [0.05, 0.1) is 0 Å². The molecule has 0 heteroatoms. The van der Waals surface area contributed by atoms with Gasteiger partial charge >= 0.3 is 0 Å². The van der Waals surface area contributed by atoms with Gasteiger partial charge in [0, 0.05) is 0 Å². The van der Waals surface area contributed by atoms with Gasteiger partial charge in [0.1, 0.15) is 0 Å². The van der Waals surface area contributed by atoms with Crippen LogP contribution in [0.3, 0.4) is 0 Å². The maximum atomic E-state index is 2.23. The molecule has 74 valence electrons. The van der Waals surface area contributed by atoms with Crippen molar-refractivity contribution >= 4 is 6.08 Å². The highest BCUT2D eigenvalue weighted by molar-refractivity contribution is 5.49. The normalized spacial score (nSPS) is 12.3. The zero-order chi connectivity index (χ0) is 10.2. The van der Waals surface area contributed by atoms with Crippen molar-refractivity contribution in [3.05, 3.63) is 53.6 Å². The summed E-state index contributed by atoms with van der Waals surface area (Å²) in [7, 11) is 0. The quantitative estimate of drug-likeness (QED) is 0.609. The molecule has 0 fully saturated rings. The van der Waals surface area contributed by atoms with Crippen LogP contribution in [0.15, 0.2) is 48.1 Å². The molecule has 0 nitrogen and oxygen atoms in total. The Bertz CT molecular complexity index is 304. The molecule has 0 bridgehead atoms. The summed E-state index contributed by atoms with van der Waals surface area (Å²) in [5.74, 6) is 0. The third kappa shape index (κ3) is 3.61. The fraction of sp³-hybridized carbons (Fsp3) is 0.286. The summed E-state index contributed by atoms with van der Waals surface area (Å²) < 4.78 is 0. The topological polar surface area (TPSA) is 0 Å². The first-order valence-corrected chi connectivity index (χ1v) is 5.22. The predicted octanol–water partition coefficient (Wildman–Crippen LogP) is 4.45. The molecule has 0 N–H and O–H groups in total. The Hall–Kier alpha value is -1.30. The summed E-state index contributed by atoms with van der Waals surface area (Å²) in [4.78, 5) is 0. The van der Waals surface area contributed by atoms with E-state index in [-0.39, 0.29) is 0 Å². The SMILES string of the molecule is CC=C(CC)CC=Cc1ccccc1. The smallest absolute Gasteiger partial charge is 0.0136 e. The van der Waals surface area contributed by atoms with E-state index < -0.39 is 0 Å². The van der Waals surface area contributed by atoms with Gasteiger partial charge in [-0.25, -0.2) is 0 Å². The number of hydrogen-bond acceptors (Lipinski definition) is 0. The minimum atomic E-state index is 1.07. The second-order valence-corrected chi connectivity index (χ2v) is 3.32. The van der Waals surface area contributed by atoms with Gasteiger partial charge in [0.2, 0.25) is 0 Å². The summed E-state index contributed by atoms with van der Waals surface area (Å²) >= 11 is 0. The molecule has 0 saturated carbocycles. The van der Waals surface area contributed by atoms with Crippen LogP contribution in [0.1, 0.15) is 32.3 Å². The average molecular weight is 186 g/mol. The summed E-state index contributed by atoms with van der Waals surface area (Å²) in [6, 6.07) is 10.4. The Balaban J connectivity index is 2.49.